The third-order valence-corrected chi connectivity index (χ3v) is 6.20. The second-order valence-corrected chi connectivity index (χ2v) is 9.14. The third-order valence-electron chi connectivity index (χ3n) is 4.30. The lowest BCUT2D eigenvalue weighted by Gasteiger charge is -2.14. The van der Waals surface area contributed by atoms with Gasteiger partial charge in [-0.3, -0.25) is 4.79 Å². The van der Waals surface area contributed by atoms with E-state index in [9.17, 15) is 13.2 Å². The zero-order valence-corrected chi connectivity index (χ0v) is 18.9. The molecule has 0 unspecified atom stereocenters. The molecule has 0 saturated carbocycles. The Morgan fingerprint density at radius 3 is 2.16 bits per heavy atom. The fourth-order valence-electron chi connectivity index (χ4n) is 2.71. The van der Waals surface area contributed by atoms with Gasteiger partial charge in [0, 0.05) is 22.2 Å². The molecule has 0 heterocycles. The first kappa shape index (κ1) is 23.1. The fourth-order valence-corrected chi connectivity index (χ4v) is 4.01. The molecule has 0 aliphatic carbocycles. The van der Waals surface area contributed by atoms with Crippen molar-refractivity contribution in [2.75, 3.05) is 11.9 Å². The molecule has 6 nitrogen and oxygen atoms in total. The van der Waals surface area contributed by atoms with Crippen molar-refractivity contribution in [1.82, 2.24) is 4.72 Å². The average Bonchev–Trinajstić information content (AvgIpc) is 2.75. The van der Waals surface area contributed by atoms with E-state index >= 15 is 0 Å². The standard InChI is InChI=1S/C22H20Cl2N2O4S/c1-2-30-21-12-11-19(31(28,29)25-14-15-3-7-17(23)8-4-15)13-20(21)26-22(27)16-5-9-18(24)10-6-16/h3-13,25H,2,14H2,1H3,(H,26,27). The molecule has 3 aromatic rings. The molecule has 0 radical (unpaired) electrons. The number of halogens is 2. The summed E-state index contributed by atoms with van der Waals surface area (Å²) >= 11 is 11.7. The van der Waals surface area contributed by atoms with Crippen LogP contribution in [0, 0.1) is 0 Å². The average molecular weight is 479 g/mol. The van der Waals surface area contributed by atoms with Crippen LogP contribution in [0.15, 0.2) is 71.6 Å². The Kier molecular flexibility index (Phi) is 7.56. The molecule has 0 aliphatic heterocycles. The van der Waals surface area contributed by atoms with Crippen LogP contribution >= 0.6 is 23.2 Å². The van der Waals surface area contributed by atoms with Gasteiger partial charge in [0.25, 0.3) is 5.91 Å². The molecular formula is C22H20Cl2N2O4S. The molecular weight excluding hydrogens is 459 g/mol. The number of carbonyl (C=O) groups is 1. The van der Waals surface area contributed by atoms with Crippen molar-refractivity contribution in [3.05, 3.63) is 87.9 Å². The second-order valence-electron chi connectivity index (χ2n) is 6.50. The van der Waals surface area contributed by atoms with Crippen molar-refractivity contribution >= 4 is 44.8 Å². The minimum Gasteiger partial charge on any atom is -0.492 e. The molecule has 0 aromatic heterocycles. The molecule has 2 N–H and O–H groups in total. The fraction of sp³-hybridized carbons (Fsp3) is 0.136. The highest BCUT2D eigenvalue weighted by Crippen LogP contribution is 2.28. The molecule has 0 aliphatic rings. The quantitative estimate of drug-likeness (QED) is 0.470. The van der Waals surface area contributed by atoms with Crippen LogP contribution < -0.4 is 14.8 Å². The molecule has 0 bridgehead atoms. The van der Waals surface area contributed by atoms with E-state index in [1.165, 1.54) is 18.2 Å². The Balaban J connectivity index is 1.83. The van der Waals surface area contributed by atoms with Crippen molar-refractivity contribution < 1.29 is 17.9 Å². The maximum atomic E-state index is 12.8. The highest BCUT2D eigenvalue weighted by Gasteiger charge is 2.18. The number of hydrogen-bond acceptors (Lipinski definition) is 4. The summed E-state index contributed by atoms with van der Waals surface area (Å²) in [6.45, 7) is 2.24. The normalized spacial score (nSPS) is 11.2. The first-order valence-electron chi connectivity index (χ1n) is 9.36. The summed E-state index contributed by atoms with van der Waals surface area (Å²) in [5, 5.41) is 3.78. The van der Waals surface area contributed by atoms with Gasteiger partial charge in [-0.2, -0.15) is 0 Å². The van der Waals surface area contributed by atoms with E-state index in [4.69, 9.17) is 27.9 Å². The van der Waals surface area contributed by atoms with Gasteiger partial charge < -0.3 is 10.1 Å². The molecule has 1 amide bonds. The van der Waals surface area contributed by atoms with E-state index in [1.54, 1.807) is 55.5 Å². The molecule has 3 rings (SSSR count). The molecule has 31 heavy (non-hydrogen) atoms. The summed E-state index contributed by atoms with van der Waals surface area (Å²) < 4.78 is 33.6. The van der Waals surface area contributed by atoms with Crippen molar-refractivity contribution in [2.45, 2.75) is 18.4 Å². The van der Waals surface area contributed by atoms with Gasteiger partial charge in [-0.15, -0.1) is 0 Å². The van der Waals surface area contributed by atoms with Crippen LogP contribution in [0.4, 0.5) is 5.69 Å². The summed E-state index contributed by atoms with van der Waals surface area (Å²) in [6, 6.07) is 17.5. The largest absolute Gasteiger partial charge is 0.492 e. The van der Waals surface area contributed by atoms with Crippen LogP contribution in [0.25, 0.3) is 0 Å². The molecule has 0 fully saturated rings. The van der Waals surface area contributed by atoms with E-state index in [-0.39, 0.29) is 17.1 Å². The summed E-state index contributed by atoms with van der Waals surface area (Å²) in [7, 11) is -3.84. The van der Waals surface area contributed by atoms with Crippen LogP contribution in [0.3, 0.4) is 0 Å². The number of anilines is 1. The highest BCUT2D eigenvalue weighted by molar-refractivity contribution is 7.89. The zero-order chi connectivity index (χ0) is 22.4. The summed E-state index contributed by atoms with van der Waals surface area (Å²) in [4.78, 5) is 12.6. The molecule has 3 aromatic carbocycles. The van der Waals surface area contributed by atoms with Crippen molar-refractivity contribution in [3.63, 3.8) is 0 Å². The van der Waals surface area contributed by atoms with Crippen LogP contribution in [-0.2, 0) is 16.6 Å². The predicted octanol–water partition coefficient (Wildman–Crippen LogP) is 5.12. The lowest BCUT2D eigenvalue weighted by molar-refractivity contribution is 0.102. The van der Waals surface area contributed by atoms with E-state index in [1.807, 2.05) is 0 Å². The molecule has 0 spiro atoms. The van der Waals surface area contributed by atoms with Crippen LogP contribution in [0.1, 0.15) is 22.8 Å². The first-order valence-corrected chi connectivity index (χ1v) is 11.6. The van der Waals surface area contributed by atoms with Gasteiger partial charge in [0.05, 0.1) is 17.2 Å². The SMILES string of the molecule is CCOc1ccc(S(=O)(=O)NCc2ccc(Cl)cc2)cc1NC(=O)c1ccc(Cl)cc1. The lowest BCUT2D eigenvalue weighted by Crippen LogP contribution is -2.23. The predicted molar refractivity (Wildman–Crippen MR) is 122 cm³/mol. The molecule has 9 heteroatoms. The number of ether oxygens (including phenoxy) is 1. The summed E-state index contributed by atoms with van der Waals surface area (Å²) in [6.07, 6.45) is 0. The number of benzene rings is 3. The van der Waals surface area contributed by atoms with Gasteiger partial charge in [0.2, 0.25) is 10.0 Å². The maximum absolute atomic E-state index is 12.8. The van der Waals surface area contributed by atoms with Crippen molar-refractivity contribution in [2.24, 2.45) is 0 Å². The summed E-state index contributed by atoms with van der Waals surface area (Å²) in [5.74, 6) is -0.0530. The van der Waals surface area contributed by atoms with E-state index in [2.05, 4.69) is 10.0 Å². The Morgan fingerprint density at radius 1 is 0.935 bits per heavy atom. The summed E-state index contributed by atoms with van der Waals surface area (Å²) in [5.41, 5.74) is 1.38. The van der Waals surface area contributed by atoms with Gasteiger partial charge >= 0.3 is 0 Å². The number of carbonyl (C=O) groups excluding carboxylic acids is 1. The number of hydrogen-bond donors (Lipinski definition) is 2. The lowest BCUT2D eigenvalue weighted by atomic mass is 10.2. The van der Waals surface area contributed by atoms with Gasteiger partial charge in [-0.05, 0) is 67.1 Å². The van der Waals surface area contributed by atoms with Gasteiger partial charge in [0.1, 0.15) is 5.75 Å². The van der Waals surface area contributed by atoms with E-state index < -0.39 is 15.9 Å². The van der Waals surface area contributed by atoms with Crippen LogP contribution in [-0.4, -0.2) is 20.9 Å². The molecule has 0 saturated heterocycles. The smallest absolute Gasteiger partial charge is 0.255 e. The van der Waals surface area contributed by atoms with Crippen molar-refractivity contribution in [1.29, 1.82) is 0 Å². The topological polar surface area (TPSA) is 84.5 Å². The number of rotatable bonds is 8. The number of amides is 1. The minimum absolute atomic E-state index is 0.00340. The van der Waals surface area contributed by atoms with E-state index in [0.29, 0.717) is 28.0 Å². The zero-order valence-electron chi connectivity index (χ0n) is 16.6. The Labute approximate surface area is 191 Å². The third kappa shape index (κ3) is 6.21. The maximum Gasteiger partial charge on any atom is 0.255 e. The van der Waals surface area contributed by atoms with Gasteiger partial charge in [-0.1, -0.05) is 35.3 Å². The minimum atomic E-state index is -3.84. The monoisotopic (exact) mass is 478 g/mol. The molecule has 0 atom stereocenters. The van der Waals surface area contributed by atoms with Crippen LogP contribution in [0.2, 0.25) is 10.0 Å². The van der Waals surface area contributed by atoms with Gasteiger partial charge in [0.15, 0.2) is 0 Å². The second kappa shape index (κ2) is 10.2. The van der Waals surface area contributed by atoms with E-state index in [0.717, 1.165) is 5.56 Å². The first-order chi connectivity index (χ1) is 14.8. The Hall–Kier alpha value is -2.58. The Bertz CT molecular complexity index is 1170. The number of sulfonamides is 1. The van der Waals surface area contributed by atoms with Crippen molar-refractivity contribution in [3.8, 4) is 5.75 Å². The molecule has 162 valence electrons. The Morgan fingerprint density at radius 2 is 1.55 bits per heavy atom. The van der Waals surface area contributed by atoms with Crippen LogP contribution in [0.5, 0.6) is 5.75 Å². The number of nitrogens with one attached hydrogen (secondary N) is 2. The highest BCUT2D eigenvalue weighted by atomic mass is 35.5. The van der Waals surface area contributed by atoms with Gasteiger partial charge in [-0.25, -0.2) is 13.1 Å².